The molecule has 1 aliphatic rings. The first-order valence-electron chi connectivity index (χ1n) is 6.58. The van der Waals surface area contributed by atoms with Gasteiger partial charge in [-0.2, -0.15) is 0 Å². The molecule has 0 bridgehead atoms. The first kappa shape index (κ1) is 12.1. The number of hydrogen-bond acceptors (Lipinski definition) is 4. The molecule has 0 amide bonds. The minimum Gasteiger partial charge on any atom is -0.456 e. The molecule has 0 atom stereocenters. The van der Waals surface area contributed by atoms with Crippen LogP contribution >= 0.6 is 0 Å². The first-order valence-corrected chi connectivity index (χ1v) is 6.58. The summed E-state index contributed by atoms with van der Waals surface area (Å²) in [7, 11) is 0. The fraction of sp³-hybridized carbons (Fsp3) is 0.333. The Morgan fingerprint density at radius 1 is 1.21 bits per heavy atom. The molecule has 2 aromatic rings. The van der Waals surface area contributed by atoms with Gasteiger partial charge in [-0.25, -0.2) is 0 Å². The van der Waals surface area contributed by atoms with E-state index in [1.165, 1.54) is 12.8 Å². The molecule has 2 heterocycles. The van der Waals surface area contributed by atoms with E-state index in [0.29, 0.717) is 6.04 Å². The minimum absolute atomic E-state index is 0.688. The molecule has 1 fully saturated rings. The number of aryl methyl sites for hydroxylation is 1. The quantitative estimate of drug-likeness (QED) is 0.892. The predicted octanol–water partition coefficient (Wildman–Crippen LogP) is 2.83. The van der Waals surface area contributed by atoms with E-state index in [4.69, 9.17) is 4.74 Å². The van der Waals surface area contributed by atoms with E-state index in [0.717, 1.165) is 29.4 Å². The summed E-state index contributed by atoms with van der Waals surface area (Å²) in [6.45, 7) is 2.76. The standard InChI is InChI=1S/C15H17N3O/c1-11-2-5-15(10-17-11)19-14-6-7-16-13(8-14)9-18-12-3-4-12/h2,5-8,10,12,18H,3-4,9H2,1H3. The summed E-state index contributed by atoms with van der Waals surface area (Å²) in [5, 5.41) is 3.44. The average Bonchev–Trinajstić information content (AvgIpc) is 3.24. The van der Waals surface area contributed by atoms with Crippen molar-refractivity contribution in [2.24, 2.45) is 0 Å². The third-order valence-electron chi connectivity index (χ3n) is 3.06. The van der Waals surface area contributed by atoms with Crippen LogP contribution in [0.2, 0.25) is 0 Å². The molecule has 1 aliphatic carbocycles. The lowest BCUT2D eigenvalue weighted by atomic mass is 10.3. The molecule has 4 heteroatoms. The Morgan fingerprint density at radius 2 is 2.11 bits per heavy atom. The third-order valence-corrected chi connectivity index (χ3v) is 3.06. The van der Waals surface area contributed by atoms with Crippen molar-refractivity contribution < 1.29 is 4.74 Å². The zero-order valence-electron chi connectivity index (χ0n) is 11.0. The lowest BCUT2D eigenvalue weighted by Gasteiger charge is -2.07. The monoisotopic (exact) mass is 255 g/mol. The molecule has 0 radical (unpaired) electrons. The molecule has 1 N–H and O–H groups in total. The molecule has 0 unspecified atom stereocenters. The topological polar surface area (TPSA) is 47.0 Å². The fourth-order valence-electron chi connectivity index (χ4n) is 1.80. The largest absolute Gasteiger partial charge is 0.456 e. The van der Waals surface area contributed by atoms with Crippen molar-refractivity contribution in [1.29, 1.82) is 0 Å². The van der Waals surface area contributed by atoms with Gasteiger partial charge in [0.05, 0.1) is 11.9 Å². The van der Waals surface area contributed by atoms with Crippen molar-refractivity contribution in [2.45, 2.75) is 32.4 Å². The zero-order valence-corrected chi connectivity index (χ0v) is 11.0. The molecule has 0 aliphatic heterocycles. The summed E-state index contributed by atoms with van der Waals surface area (Å²) in [5.41, 5.74) is 1.99. The van der Waals surface area contributed by atoms with E-state index < -0.39 is 0 Å². The second-order valence-electron chi connectivity index (χ2n) is 4.88. The van der Waals surface area contributed by atoms with Crippen LogP contribution in [0.15, 0.2) is 36.7 Å². The van der Waals surface area contributed by atoms with Gasteiger partial charge in [-0.3, -0.25) is 9.97 Å². The summed E-state index contributed by atoms with van der Waals surface area (Å²) in [4.78, 5) is 8.55. The summed E-state index contributed by atoms with van der Waals surface area (Å²) in [6.07, 6.45) is 6.08. The van der Waals surface area contributed by atoms with Gasteiger partial charge in [0, 0.05) is 30.5 Å². The highest BCUT2D eigenvalue weighted by Gasteiger charge is 2.20. The van der Waals surface area contributed by atoms with Crippen LogP contribution in [-0.4, -0.2) is 16.0 Å². The normalized spacial score (nSPS) is 14.4. The van der Waals surface area contributed by atoms with E-state index in [9.17, 15) is 0 Å². The van der Waals surface area contributed by atoms with Gasteiger partial charge in [0.15, 0.2) is 0 Å². The third kappa shape index (κ3) is 3.51. The van der Waals surface area contributed by atoms with E-state index >= 15 is 0 Å². The van der Waals surface area contributed by atoms with Crippen LogP contribution in [0.1, 0.15) is 24.2 Å². The predicted molar refractivity (Wildman–Crippen MR) is 73.1 cm³/mol. The highest BCUT2D eigenvalue weighted by molar-refractivity contribution is 5.30. The van der Waals surface area contributed by atoms with Gasteiger partial charge in [0.25, 0.3) is 0 Å². The molecule has 0 spiro atoms. The van der Waals surface area contributed by atoms with Crippen molar-refractivity contribution in [3.63, 3.8) is 0 Å². The van der Waals surface area contributed by atoms with Crippen molar-refractivity contribution >= 4 is 0 Å². The molecule has 4 nitrogen and oxygen atoms in total. The number of pyridine rings is 2. The summed E-state index contributed by atoms with van der Waals surface area (Å²) in [5.74, 6) is 1.55. The van der Waals surface area contributed by atoms with Crippen molar-refractivity contribution in [2.75, 3.05) is 0 Å². The van der Waals surface area contributed by atoms with Gasteiger partial charge < -0.3 is 10.1 Å². The molecular weight excluding hydrogens is 238 g/mol. The van der Waals surface area contributed by atoms with Crippen LogP contribution in [0.25, 0.3) is 0 Å². The lowest BCUT2D eigenvalue weighted by Crippen LogP contribution is -2.16. The highest BCUT2D eigenvalue weighted by Crippen LogP contribution is 2.22. The number of ether oxygens (including phenoxy) is 1. The maximum absolute atomic E-state index is 5.77. The van der Waals surface area contributed by atoms with Crippen molar-refractivity contribution in [1.82, 2.24) is 15.3 Å². The van der Waals surface area contributed by atoms with Gasteiger partial charge in [0.2, 0.25) is 0 Å². The van der Waals surface area contributed by atoms with Gasteiger partial charge in [-0.05, 0) is 38.0 Å². The Balaban J connectivity index is 1.66. The first-order chi connectivity index (χ1) is 9.29. The lowest BCUT2D eigenvalue weighted by molar-refractivity contribution is 0.477. The van der Waals surface area contributed by atoms with Crippen LogP contribution < -0.4 is 10.1 Å². The Hall–Kier alpha value is -1.94. The number of hydrogen-bond donors (Lipinski definition) is 1. The van der Waals surface area contributed by atoms with Crippen LogP contribution in [0.3, 0.4) is 0 Å². The zero-order chi connectivity index (χ0) is 13.1. The van der Waals surface area contributed by atoms with E-state index in [2.05, 4.69) is 15.3 Å². The van der Waals surface area contributed by atoms with Crippen LogP contribution in [0, 0.1) is 6.92 Å². The average molecular weight is 255 g/mol. The minimum atomic E-state index is 0.688. The molecule has 19 heavy (non-hydrogen) atoms. The van der Waals surface area contributed by atoms with E-state index in [-0.39, 0.29) is 0 Å². The Labute approximate surface area is 112 Å². The summed E-state index contributed by atoms with van der Waals surface area (Å²) >= 11 is 0. The molecule has 3 rings (SSSR count). The van der Waals surface area contributed by atoms with Crippen molar-refractivity contribution in [3.05, 3.63) is 48.0 Å². The van der Waals surface area contributed by atoms with Crippen LogP contribution in [0.5, 0.6) is 11.5 Å². The highest BCUT2D eigenvalue weighted by atomic mass is 16.5. The summed E-state index contributed by atoms with van der Waals surface area (Å²) < 4.78 is 5.77. The molecule has 1 saturated carbocycles. The number of nitrogens with one attached hydrogen (secondary N) is 1. The Morgan fingerprint density at radius 3 is 2.84 bits per heavy atom. The maximum Gasteiger partial charge on any atom is 0.145 e. The molecule has 2 aromatic heterocycles. The fourth-order valence-corrected chi connectivity index (χ4v) is 1.80. The van der Waals surface area contributed by atoms with E-state index in [1.54, 1.807) is 12.4 Å². The second kappa shape index (κ2) is 5.36. The van der Waals surface area contributed by atoms with Crippen LogP contribution in [0.4, 0.5) is 0 Å². The summed E-state index contributed by atoms with van der Waals surface area (Å²) in [6, 6.07) is 8.37. The van der Waals surface area contributed by atoms with Gasteiger partial charge in [-0.15, -0.1) is 0 Å². The molecule has 0 saturated heterocycles. The second-order valence-corrected chi connectivity index (χ2v) is 4.88. The SMILES string of the molecule is Cc1ccc(Oc2ccnc(CNC3CC3)c2)cn1. The van der Waals surface area contributed by atoms with E-state index in [1.807, 2.05) is 31.2 Å². The van der Waals surface area contributed by atoms with Crippen LogP contribution in [-0.2, 0) is 6.54 Å². The number of nitrogens with zero attached hydrogens (tertiary/aromatic N) is 2. The molecule has 98 valence electrons. The van der Waals surface area contributed by atoms with Gasteiger partial charge in [-0.1, -0.05) is 0 Å². The van der Waals surface area contributed by atoms with Gasteiger partial charge >= 0.3 is 0 Å². The van der Waals surface area contributed by atoms with Crippen molar-refractivity contribution in [3.8, 4) is 11.5 Å². The maximum atomic E-state index is 5.77. The number of aromatic nitrogens is 2. The molecular formula is C15H17N3O. The number of rotatable bonds is 5. The van der Waals surface area contributed by atoms with Gasteiger partial charge in [0.1, 0.15) is 11.5 Å². The molecule has 0 aromatic carbocycles. The Kier molecular flexibility index (Phi) is 3.42. The smallest absolute Gasteiger partial charge is 0.145 e. The Bertz CT molecular complexity index is 550.